The van der Waals surface area contributed by atoms with Gasteiger partial charge in [-0.25, -0.2) is 0 Å². The number of ether oxygens (including phenoxy) is 2. The third kappa shape index (κ3) is 6.30. The zero-order valence-corrected chi connectivity index (χ0v) is 16.1. The van der Waals surface area contributed by atoms with Crippen LogP contribution in [0.4, 0.5) is 0 Å². The number of thioether (sulfide) groups is 1. The molecule has 144 valence electrons. The van der Waals surface area contributed by atoms with E-state index in [9.17, 15) is 14.7 Å². The van der Waals surface area contributed by atoms with Crippen LogP contribution >= 0.6 is 11.8 Å². The minimum Gasteiger partial charge on any atom is -0.497 e. The predicted molar refractivity (Wildman–Crippen MR) is 105 cm³/mol. The molecule has 2 amide bonds. The highest BCUT2D eigenvalue weighted by Crippen LogP contribution is 2.21. The summed E-state index contributed by atoms with van der Waals surface area (Å²) >= 11 is 1.39. The molecule has 2 atom stereocenters. The van der Waals surface area contributed by atoms with Crippen LogP contribution in [0.3, 0.4) is 0 Å². The van der Waals surface area contributed by atoms with Crippen LogP contribution in [0.25, 0.3) is 0 Å². The van der Waals surface area contributed by atoms with Gasteiger partial charge in [-0.3, -0.25) is 14.9 Å². The molecule has 2 unspecified atom stereocenters. The van der Waals surface area contributed by atoms with E-state index >= 15 is 0 Å². The molecule has 0 aliphatic rings. The van der Waals surface area contributed by atoms with Gasteiger partial charge >= 0.3 is 0 Å². The summed E-state index contributed by atoms with van der Waals surface area (Å²) in [7, 11) is 1.59. The first-order valence-corrected chi connectivity index (χ1v) is 9.66. The van der Waals surface area contributed by atoms with Crippen molar-refractivity contribution in [3.05, 3.63) is 59.7 Å². The van der Waals surface area contributed by atoms with Crippen molar-refractivity contribution in [2.75, 3.05) is 20.0 Å². The molecule has 0 spiro atoms. The van der Waals surface area contributed by atoms with Crippen molar-refractivity contribution in [1.29, 1.82) is 0 Å². The largest absolute Gasteiger partial charge is 0.497 e. The molecular weight excluding hydrogens is 366 g/mol. The second kappa shape index (κ2) is 10.6. The van der Waals surface area contributed by atoms with Crippen LogP contribution in [0, 0.1) is 0 Å². The molecule has 0 saturated carbocycles. The first-order chi connectivity index (χ1) is 13.1. The Morgan fingerprint density at radius 3 is 2.33 bits per heavy atom. The molecule has 0 heterocycles. The van der Waals surface area contributed by atoms with E-state index in [2.05, 4.69) is 5.32 Å². The lowest BCUT2D eigenvalue weighted by atomic mass is 10.1. The van der Waals surface area contributed by atoms with E-state index in [0.29, 0.717) is 18.6 Å². The van der Waals surface area contributed by atoms with E-state index in [-0.39, 0.29) is 17.8 Å². The summed E-state index contributed by atoms with van der Waals surface area (Å²) in [6, 6.07) is 14.5. The van der Waals surface area contributed by atoms with Crippen molar-refractivity contribution in [3.8, 4) is 11.5 Å². The standard InChI is InChI=1S/C20H23NO5S/c1-25-16-9-5-15(6-10-16)18(23)12-26-17-7-3-14(4-8-17)11-19(27-2)20(24)21-13-22/h3-10,13,18-19,23H,11-12H2,1-2H3,(H,21,22,24). The van der Waals surface area contributed by atoms with Crippen molar-refractivity contribution >= 4 is 24.1 Å². The fourth-order valence-corrected chi connectivity index (χ4v) is 3.11. The van der Waals surface area contributed by atoms with Gasteiger partial charge in [0, 0.05) is 0 Å². The van der Waals surface area contributed by atoms with Gasteiger partial charge in [0.25, 0.3) is 0 Å². The third-order valence-electron chi connectivity index (χ3n) is 4.03. The highest BCUT2D eigenvalue weighted by molar-refractivity contribution is 7.99. The van der Waals surface area contributed by atoms with E-state index in [1.807, 2.05) is 18.4 Å². The van der Waals surface area contributed by atoms with Crippen LogP contribution in [0.1, 0.15) is 17.2 Å². The Bertz CT molecular complexity index is 733. The second-order valence-corrected chi connectivity index (χ2v) is 6.84. The molecule has 0 aromatic heterocycles. The van der Waals surface area contributed by atoms with Crippen molar-refractivity contribution in [1.82, 2.24) is 5.32 Å². The van der Waals surface area contributed by atoms with E-state index in [1.54, 1.807) is 43.5 Å². The van der Waals surface area contributed by atoms with Gasteiger partial charge in [0.1, 0.15) is 24.2 Å². The van der Waals surface area contributed by atoms with Crippen molar-refractivity contribution in [2.24, 2.45) is 0 Å². The van der Waals surface area contributed by atoms with Gasteiger partial charge in [-0.2, -0.15) is 11.8 Å². The molecule has 2 aromatic rings. The minimum absolute atomic E-state index is 0.126. The van der Waals surface area contributed by atoms with Gasteiger partial charge in [0.2, 0.25) is 12.3 Å². The molecule has 6 nitrogen and oxygen atoms in total. The molecule has 7 heteroatoms. The zero-order valence-electron chi connectivity index (χ0n) is 15.3. The Balaban J connectivity index is 1.89. The summed E-state index contributed by atoms with van der Waals surface area (Å²) in [4.78, 5) is 22.2. The minimum atomic E-state index is -0.747. The Hall–Kier alpha value is -2.51. The summed E-state index contributed by atoms with van der Waals surface area (Å²) in [6.45, 7) is 0.126. The predicted octanol–water partition coefficient (Wildman–Crippen LogP) is 2.35. The normalized spacial score (nSPS) is 12.7. The number of aliphatic hydroxyl groups excluding tert-OH is 1. The number of nitrogens with one attached hydrogen (secondary N) is 1. The number of carbonyl (C=O) groups is 2. The van der Waals surface area contributed by atoms with Crippen LogP contribution in [0.5, 0.6) is 11.5 Å². The van der Waals surface area contributed by atoms with Crippen molar-refractivity contribution < 1.29 is 24.2 Å². The van der Waals surface area contributed by atoms with Crippen LogP contribution in [0.15, 0.2) is 48.5 Å². The van der Waals surface area contributed by atoms with Gasteiger partial charge in [0.05, 0.1) is 12.4 Å². The fraction of sp³-hybridized carbons (Fsp3) is 0.300. The molecule has 2 N–H and O–H groups in total. The lowest BCUT2D eigenvalue weighted by Gasteiger charge is -2.14. The van der Waals surface area contributed by atoms with Gasteiger partial charge < -0.3 is 14.6 Å². The number of amides is 2. The SMILES string of the molecule is COc1ccc(C(O)COc2ccc(CC(SC)C(=O)NC=O)cc2)cc1. The summed E-state index contributed by atoms with van der Waals surface area (Å²) in [6.07, 6.45) is 1.99. The quantitative estimate of drug-likeness (QED) is 0.607. The average molecular weight is 389 g/mol. The number of benzene rings is 2. The summed E-state index contributed by atoms with van der Waals surface area (Å²) in [5.74, 6) is 1.05. The van der Waals surface area contributed by atoms with Gasteiger partial charge in [-0.15, -0.1) is 0 Å². The number of methoxy groups -OCH3 is 1. The number of carbonyl (C=O) groups excluding carboxylic acids is 2. The zero-order chi connectivity index (χ0) is 19.6. The van der Waals surface area contributed by atoms with E-state index in [0.717, 1.165) is 16.9 Å². The molecule has 0 fully saturated rings. The Kier molecular flexibility index (Phi) is 8.16. The van der Waals surface area contributed by atoms with E-state index in [4.69, 9.17) is 9.47 Å². The third-order valence-corrected chi connectivity index (χ3v) is 4.98. The van der Waals surface area contributed by atoms with Gasteiger partial charge in [0.15, 0.2) is 0 Å². The van der Waals surface area contributed by atoms with Gasteiger partial charge in [-0.05, 0) is 48.1 Å². The Morgan fingerprint density at radius 2 is 1.78 bits per heavy atom. The van der Waals surface area contributed by atoms with Crippen LogP contribution in [-0.2, 0) is 16.0 Å². The highest BCUT2D eigenvalue weighted by atomic mass is 32.2. The monoisotopic (exact) mass is 389 g/mol. The molecule has 0 bridgehead atoms. The lowest BCUT2D eigenvalue weighted by molar-refractivity contribution is -0.124. The van der Waals surface area contributed by atoms with E-state index in [1.165, 1.54) is 11.8 Å². The number of hydrogen-bond donors (Lipinski definition) is 2. The molecule has 0 radical (unpaired) electrons. The van der Waals surface area contributed by atoms with Gasteiger partial charge in [-0.1, -0.05) is 24.3 Å². The molecule has 2 aromatic carbocycles. The van der Waals surface area contributed by atoms with Crippen LogP contribution < -0.4 is 14.8 Å². The smallest absolute Gasteiger partial charge is 0.239 e. The number of imide groups is 1. The summed E-state index contributed by atoms with van der Waals surface area (Å²) < 4.78 is 10.7. The van der Waals surface area contributed by atoms with Crippen LogP contribution in [-0.4, -0.2) is 42.6 Å². The maximum Gasteiger partial charge on any atom is 0.239 e. The molecule has 27 heavy (non-hydrogen) atoms. The number of aliphatic hydroxyl groups is 1. The number of rotatable bonds is 10. The topological polar surface area (TPSA) is 84.9 Å². The Morgan fingerprint density at radius 1 is 1.15 bits per heavy atom. The average Bonchev–Trinajstić information content (AvgIpc) is 2.71. The second-order valence-electron chi connectivity index (χ2n) is 5.80. The molecule has 2 rings (SSSR count). The molecular formula is C20H23NO5S. The first-order valence-electron chi connectivity index (χ1n) is 8.38. The summed E-state index contributed by atoms with van der Waals surface area (Å²) in [5, 5.41) is 12.1. The number of hydrogen-bond acceptors (Lipinski definition) is 6. The fourth-order valence-electron chi connectivity index (χ4n) is 2.47. The van der Waals surface area contributed by atoms with E-state index < -0.39 is 6.10 Å². The molecule has 0 aliphatic carbocycles. The van der Waals surface area contributed by atoms with Crippen molar-refractivity contribution in [3.63, 3.8) is 0 Å². The lowest BCUT2D eigenvalue weighted by Crippen LogP contribution is -2.32. The Labute approximate surface area is 162 Å². The highest BCUT2D eigenvalue weighted by Gasteiger charge is 2.17. The summed E-state index contributed by atoms with van der Waals surface area (Å²) in [5.41, 5.74) is 1.70. The maximum atomic E-state index is 11.8. The first kappa shape index (κ1) is 20.8. The molecule has 0 aliphatic heterocycles. The van der Waals surface area contributed by atoms with Crippen LogP contribution in [0.2, 0.25) is 0 Å². The van der Waals surface area contributed by atoms with Crippen molar-refractivity contribution in [2.45, 2.75) is 17.8 Å². The molecule has 0 saturated heterocycles. The maximum absolute atomic E-state index is 11.8.